The summed E-state index contributed by atoms with van der Waals surface area (Å²) >= 11 is 9.26. The predicted octanol–water partition coefficient (Wildman–Crippen LogP) is 14.3. The van der Waals surface area contributed by atoms with Crippen molar-refractivity contribution in [3.63, 3.8) is 0 Å². The van der Waals surface area contributed by atoms with E-state index in [0.717, 1.165) is 108 Å². The van der Waals surface area contributed by atoms with Crippen molar-refractivity contribution in [1.82, 2.24) is 19.9 Å². The summed E-state index contributed by atoms with van der Waals surface area (Å²) in [6, 6.07) is 46.9. The summed E-state index contributed by atoms with van der Waals surface area (Å²) in [4.78, 5) is 51.0. The molecule has 4 fully saturated rings. The molecular formula is C64H70BrClN12O6. The highest BCUT2D eigenvalue weighted by atomic mass is 79.9. The second-order valence-electron chi connectivity index (χ2n) is 20.3. The molecule has 18 nitrogen and oxygen atoms in total. The third-order valence-corrected chi connectivity index (χ3v) is 15.4. The van der Waals surface area contributed by atoms with E-state index < -0.39 is 4.92 Å². The number of hydrogen-bond donors (Lipinski definition) is 3. The van der Waals surface area contributed by atoms with E-state index in [4.69, 9.17) is 41.5 Å². The number of nitrogens with zero attached hydrogens (tertiary/aromatic N) is 9. The summed E-state index contributed by atoms with van der Waals surface area (Å²) in [6.45, 7) is 8.61. The van der Waals surface area contributed by atoms with Crippen LogP contribution in [0, 0.1) is 10.1 Å². The molecule has 0 bridgehead atoms. The van der Waals surface area contributed by atoms with Gasteiger partial charge in [0.15, 0.2) is 5.75 Å². The quantitative estimate of drug-likeness (QED) is 0.0425. The Labute approximate surface area is 504 Å². The highest BCUT2D eigenvalue weighted by molar-refractivity contribution is 9.10. The first kappa shape index (κ1) is 59.9. The Morgan fingerprint density at radius 1 is 0.512 bits per heavy atom. The Balaban J connectivity index is 0.000000140. The van der Waals surface area contributed by atoms with Gasteiger partial charge in [-0.1, -0.05) is 35.9 Å². The fourth-order valence-electron chi connectivity index (χ4n) is 10.3. The largest absolute Gasteiger partial charge is 0.495 e. The number of urea groups is 1. The van der Waals surface area contributed by atoms with Gasteiger partial charge >= 0.3 is 11.7 Å². The maximum absolute atomic E-state index is 12.5. The lowest BCUT2D eigenvalue weighted by molar-refractivity contribution is -0.385. The molecule has 0 unspecified atom stereocenters. The monoisotopic (exact) mass is 1220 g/mol. The lowest BCUT2D eigenvalue weighted by Gasteiger charge is -2.17. The van der Waals surface area contributed by atoms with Crippen LogP contribution in [-0.2, 0) is 0 Å². The van der Waals surface area contributed by atoms with Gasteiger partial charge in [0.2, 0.25) is 0 Å². The molecule has 4 aliphatic rings. The lowest BCUT2D eigenvalue weighted by Crippen LogP contribution is -2.20. The van der Waals surface area contributed by atoms with Crippen LogP contribution < -0.4 is 50.2 Å². The smallest absolute Gasteiger partial charge is 0.323 e. The molecule has 0 atom stereocenters. The number of nitrogens with one attached hydrogen (secondary N) is 2. The van der Waals surface area contributed by atoms with Gasteiger partial charge in [-0.2, -0.15) is 0 Å². The number of hydrogen-bond acceptors (Lipinski definition) is 15. The van der Waals surface area contributed by atoms with Crippen molar-refractivity contribution in [3.05, 3.63) is 171 Å². The second-order valence-corrected chi connectivity index (χ2v) is 21.6. The maximum Gasteiger partial charge on any atom is 0.323 e. The molecule has 436 valence electrons. The first-order valence-corrected chi connectivity index (χ1v) is 29.4. The Kier molecular flexibility index (Phi) is 21.1. The van der Waals surface area contributed by atoms with Gasteiger partial charge in [-0.15, -0.1) is 0 Å². The highest BCUT2D eigenvalue weighted by Gasteiger charge is 2.20. The van der Waals surface area contributed by atoms with Crippen molar-refractivity contribution in [2.75, 3.05) is 110 Å². The number of carbonyl (C=O) groups is 1. The van der Waals surface area contributed by atoms with Gasteiger partial charge in [0.05, 0.1) is 54.7 Å². The van der Waals surface area contributed by atoms with Crippen LogP contribution in [-0.4, -0.2) is 105 Å². The van der Waals surface area contributed by atoms with Crippen molar-refractivity contribution in [3.8, 4) is 51.0 Å². The van der Waals surface area contributed by atoms with Crippen LogP contribution >= 0.6 is 27.5 Å². The minimum atomic E-state index is -0.438. The van der Waals surface area contributed by atoms with E-state index in [0.29, 0.717) is 39.1 Å². The normalized spacial score (nSPS) is 14.3. The van der Waals surface area contributed by atoms with Crippen LogP contribution in [0.4, 0.5) is 50.8 Å². The molecule has 4 saturated heterocycles. The third kappa shape index (κ3) is 16.1. The van der Waals surface area contributed by atoms with E-state index in [1.54, 1.807) is 50.6 Å². The van der Waals surface area contributed by atoms with Crippen LogP contribution in [0.15, 0.2) is 156 Å². The Morgan fingerprint density at radius 3 is 1.32 bits per heavy atom. The minimum absolute atomic E-state index is 0.0478. The average Bonchev–Trinajstić information content (AvgIpc) is 4.53. The number of nitro benzene ring substituents is 1. The number of amides is 2. The SMILES string of the molecule is Brc1cccc(N2CCCC2)n1.COc1ccc(-c2cccc(N3CCCC3)n2)cc1N.COc1ccc(-c2cccc(N3CCCC3)n2)cc1NC(=O)Nc1ccc(Cl)cc1.COc1ccc(-c2cccc(N3CCCC3)n2)cc1[N+](=O)[O-]. The van der Waals surface area contributed by atoms with Gasteiger partial charge in [0, 0.05) is 85.8 Å². The lowest BCUT2D eigenvalue weighted by atomic mass is 10.1. The number of methoxy groups -OCH3 is 3. The van der Waals surface area contributed by atoms with Gasteiger partial charge in [-0.25, -0.2) is 24.7 Å². The Bertz CT molecular complexity index is 3480. The first-order chi connectivity index (χ1) is 40.9. The summed E-state index contributed by atoms with van der Waals surface area (Å²) in [5.41, 5.74) is 12.9. The van der Waals surface area contributed by atoms with E-state index in [9.17, 15) is 14.9 Å². The van der Waals surface area contributed by atoms with Crippen molar-refractivity contribution in [2.45, 2.75) is 51.4 Å². The number of rotatable bonds is 13. The van der Waals surface area contributed by atoms with Gasteiger partial charge in [0.1, 0.15) is 39.4 Å². The molecule has 4 aliphatic heterocycles. The van der Waals surface area contributed by atoms with Crippen molar-refractivity contribution >= 4 is 79.6 Å². The van der Waals surface area contributed by atoms with Crippen LogP contribution in [0.2, 0.25) is 5.02 Å². The maximum atomic E-state index is 12.5. The Morgan fingerprint density at radius 2 is 0.905 bits per heavy atom. The zero-order valence-corrected chi connectivity index (χ0v) is 49.9. The molecule has 8 heterocycles. The Hall–Kier alpha value is -8.68. The third-order valence-electron chi connectivity index (χ3n) is 14.7. The van der Waals surface area contributed by atoms with Crippen molar-refractivity contribution < 1.29 is 23.9 Å². The van der Waals surface area contributed by atoms with E-state index in [-0.39, 0.29) is 17.5 Å². The fraction of sp³-hybridized carbons (Fsp3) is 0.297. The number of aromatic nitrogens is 4. The number of nitrogens with two attached hydrogens (primary N) is 1. The van der Waals surface area contributed by atoms with Crippen molar-refractivity contribution in [2.24, 2.45) is 0 Å². The summed E-state index contributed by atoms with van der Waals surface area (Å²) in [6.07, 6.45) is 9.86. The van der Waals surface area contributed by atoms with Crippen LogP contribution in [0.3, 0.4) is 0 Å². The number of pyridine rings is 4. The average molecular weight is 1220 g/mol. The molecule has 0 radical (unpaired) electrons. The molecule has 4 aromatic heterocycles. The van der Waals surface area contributed by atoms with E-state index in [2.05, 4.69) is 74.3 Å². The topological polar surface area (TPSA) is 202 Å². The van der Waals surface area contributed by atoms with Gasteiger partial charge in [-0.3, -0.25) is 10.1 Å². The molecule has 84 heavy (non-hydrogen) atoms. The molecule has 4 N–H and O–H groups in total. The van der Waals surface area contributed by atoms with Gasteiger partial charge in [-0.05, 0) is 189 Å². The molecule has 20 heteroatoms. The fourth-order valence-corrected chi connectivity index (χ4v) is 10.8. The molecule has 0 saturated carbocycles. The summed E-state index contributed by atoms with van der Waals surface area (Å²) in [7, 11) is 4.62. The van der Waals surface area contributed by atoms with Gasteiger partial charge < -0.3 is 50.2 Å². The highest BCUT2D eigenvalue weighted by Crippen LogP contribution is 2.35. The number of nitro groups is 1. The zero-order chi connectivity index (χ0) is 58.8. The molecule has 0 spiro atoms. The summed E-state index contributed by atoms with van der Waals surface area (Å²) in [5.74, 6) is 5.58. The zero-order valence-electron chi connectivity index (χ0n) is 47.6. The molecule has 2 amide bonds. The molecule has 8 aromatic rings. The minimum Gasteiger partial charge on any atom is -0.495 e. The van der Waals surface area contributed by atoms with Crippen LogP contribution in [0.25, 0.3) is 33.8 Å². The molecule has 4 aromatic carbocycles. The number of halogens is 2. The predicted molar refractivity (Wildman–Crippen MR) is 342 cm³/mol. The first-order valence-electron chi connectivity index (χ1n) is 28.3. The summed E-state index contributed by atoms with van der Waals surface area (Å²) in [5, 5.41) is 17.4. The van der Waals surface area contributed by atoms with Crippen LogP contribution in [0.5, 0.6) is 17.2 Å². The number of anilines is 7. The number of benzene rings is 4. The molecule has 12 rings (SSSR count). The van der Waals surface area contributed by atoms with Gasteiger partial charge in [0.25, 0.3) is 0 Å². The van der Waals surface area contributed by atoms with E-state index in [1.807, 2.05) is 91.0 Å². The van der Waals surface area contributed by atoms with E-state index in [1.165, 1.54) is 64.5 Å². The molecular weight excluding hydrogens is 1150 g/mol. The standard InChI is InChI=1S/C23H23ClN4O2.C16H17N3O3.C16H19N3O.C9H11BrN2/c1-30-21-12-7-16(19-5-4-6-22(26-19)28-13-2-3-14-28)15-20(21)27-23(29)25-18-10-8-17(24)9-11-18;1-22-15-8-7-12(11-14(15)19(20)21)13-5-4-6-16(17-13)18-9-2-3-10-18;1-20-15-8-7-12(11-13(15)17)14-5-4-6-16(18-14)19-9-2-3-10-19;10-8-4-3-5-9(11-8)12-6-1-2-7-12/h4-12,15H,2-3,13-14H2,1H3,(H2,25,27,29);4-8,11H,2-3,9-10H2,1H3;4-8,11H,2-3,9-10,17H2,1H3;3-5H,1-2,6-7H2. The van der Waals surface area contributed by atoms with Crippen molar-refractivity contribution in [1.29, 1.82) is 0 Å². The summed E-state index contributed by atoms with van der Waals surface area (Å²) < 4.78 is 16.6. The number of nitrogen functional groups attached to an aromatic ring is 1. The van der Waals surface area contributed by atoms with Crippen LogP contribution in [0.1, 0.15) is 51.4 Å². The second kappa shape index (κ2) is 29.5. The molecule has 0 aliphatic carbocycles. The number of carbonyl (C=O) groups excluding carboxylic acids is 1. The van der Waals surface area contributed by atoms with E-state index >= 15 is 0 Å². The number of ether oxygens (including phenoxy) is 3.